The van der Waals surface area contributed by atoms with Crippen molar-refractivity contribution in [2.45, 2.75) is 6.04 Å². The van der Waals surface area contributed by atoms with E-state index in [0.29, 0.717) is 0 Å². The van der Waals surface area contributed by atoms with Crippen LogP contribution in [-0.2, 0) is 11.8 Å². The molecule has 1 fully saturated rings. The quantitative estimate of drug-likeness (QED) is 0.781. The Kier molecular flexibility index (Phi) is 3.41. The van der Waals surface area contributed by atoms with Gasteiger partial charge in [-0.3, -0.25) is 4.90 Å². The fourth-order valence-corrected chi connectivity index (χ4v) is 1.91. The van der Waals surface area contributed by atoms with Crippen molar-refractivity contribution >= 4 is 0 Å². The number of hydrogen-bond acceptors (Lipinski definition) is 3. The van der Waals surface area contributed by atoms with Crippen molar-refractivity contribution in [2.24, 2.45) is 12.8 Å². The van der Waals surface area contributed by atoms with Crippen LogP contribution in [0.15, 0.2) is 18.5 Å². The smallest absolute Gasteiger partial charge is 0.0594 e. The molecule has 0 saturated carbocycles. The second kappa shape index (κ2) is 4.79. The molecule has 0 spiro atoms. The Hall–Kier alpha value is -0.840. The molecule has 2 N–H and O–H groups in total. The number of morpholine rings is 1. The van der Waals surface area contributed by atoms with Crippen molar-refractivity contribution in [1.82, 2.24) is 9.47 Å². The molecule has 1 saturated heterocycles. The lowest BCUT2D eigenvalue weighted by molar-refractivity contribution is 0.0352. The van der Waals surface area contributed by atoms with Gasteiger partial charge in [0, 0.05) is 45.1 Å². The van der Waals surface area contributed by atoms with E-state index < -0.39 is 0 Å². The Bertz CT molecular complexity index is 305. The van der Waals surface area contributed by atoms with Gasteiger partial charge in [-0.1, -0.05) is 0 Å². The minimum Gasteiger partial charge on any atom is -0.379 e. The first-order chi connectivity index (χ1) is 7.25. The summed E-state index contributed by atoms with van der Waals surface area (Å²) in [7, 11) is 2.02. The van der Waals surface area contributed by atoms with Crippen molar-refractivity contribution in [2.75, 3.05) is 32.8 Å². The summed E-state index contributed by atoms with van der Waals surface area (Å²) in [5.41, 5.74) is 7.36. The van der Waals surface area contributed by atoms with E-state index in [2.05, 4.69) is 17.2 Å². The third kappa shape index (κ3) is 2.81. The standard InChI is InChI=1S/C11H19N3O/c1-13-3-2-10(8-13)11(12)9-14-4-6-15-7-5-14/h2-3,8,11H,4-7,9,12H2,1H3. The average Bonchev–Trinajstić information content (AvgIpc) is 2.66. The maximum absolute atomic E-state index is 6.14. The zero-order valence-electron chi connectivity index (χ0n) is 9.22. The van der Waals surface area contributed by atoms with Gasteiger partial charge in [0.15, 0.2) is 0 Å². The molecule has 0 amide bonds. The molecule has 84 valence electrons. The lowest BCUT2D eigenvalue weighted by Gasteiger charge is -2.28. The molecule has 0 radical (unpaired) electrons. The Morgan fingerprint density at radius 1 is 1.47 bits per heavy atom. The van der Waals surface area contributed by atoms with Gasteiger partial charge in [-0.15, -0.1) is 0 Å². The summed E-state index contributed by atoms with van der Waals surface area (Å²) in [6.45, 7) is 4.59. The van der Waals surface area contributed by atoms with E-state index in [1.54, 1.807) is 0 Å². The van der Waals surface area contributed by atoms with Crippen molar-refractivity contribution in [3.63, 3.8) is 0 Å². The summed E-state index contributed by atoms with van der Waals surface area (Å²) in [5, 5.41) is 0. The summed E-state index contributed by atoms with van der Waals surface area (Å²) in [4.78, 5) is 2.36. The van der Waals surface area contributed by atoms with Crippen LogP contribution < -0.4 is 5.73 Å². The van der Waals surface area contributed by atoms with E-state index in [-0.39, 0.29) is 6.04 Å². The molecule has 1 aromatic rings. The Morgan fingerprint density at radius 3 is 2.80 bits per heavy atom. The van der Waals surface area contributed by atoms with Crippen LogP contribution in [0.3, 0.4) is 0 Å². The fraction of sp³-hybridized carbons (Fsp3) is 0.636. The second-order valence-electron chi connectivity index (χ2n) is 4.13. The largest absolute Gasteiger partial charge is 0.379 e. The van der Waals surface area contributed by atoms with Crippen molar-refractivity contribution in [3.8, 4) is 0 Å². The lowest BCUT2D eigenvalue weighted by Crippen LogP contribution is -2.40. The van der Waals surface area contributed by atoms with Crippen molar-refractivity contribution in [3.05, 3.63) is 24.0 Å². The highest BCUT2D eigenvalue weighted by Gasteiger charge is 2.15. The van der Waals surface area contributed by atoms with E-state index >= 15 is 0 Å². The summed E-state index contributed by atoms with van der Waals surface area (Å²) >= 11 is 0. The van der Waals surface area contributed by atoms with Crippen LogP contribution >= 0.6 is 0 Å². The molecule has 0 aromatic carbocycles. The number of rotatable bonds is 3. The van der Waals surface area contributed by atoms with Gasteiger partial charge in [0.05, 0.1) is 13.2 Å². The van der Waals surface area contributed by atoms with E-state index in [1.165, 1.54) is 5.56 Å². The van der Waals surface area contributed by atoms with E-state index in [4.69, 9.17) is 10.5 Å². The normalized spacial score (nSPS) is 20.4. The molecular weight excluding hydrogens is 190 g/mol. The second-order valence-corrected chi connectivity index (χ2v) is 4.13. The topological polar surface area (TPSA) is 43.4 Å². The molecule has 2 rings (SSSR count). The molecule has 4 heteroatoms. The Labute approximate surface area is 90.6 Å². The fourth-order valence-electron chi connectivity index (χ4n) is 1.91. The van der Waals surface area contributed by atoms with Gasteiger partial charge >= 0.3 is 0 Å². The predicted octanol–water partition coefficient (Wildman–Crippen LogP) is 0.357. The third-order valence-corrected chi connectivity index (χ3v) is 2.84. The number of nitrogens with two attached hydrogens (primary N) is 1. The van der Waals surface area contributed by atoms with Crippen LogP contribution in [0, 0.1) is 0 Å². The predicted molar refractivity (Wildman–Crippen MR) is 59.6 cm³/mol. The average molecular weight is 209 g/mol. The van der Waals surface area contributed by atoms with Gasteiger partial charge in [0.1, 0.15) is 0 Å². The van der Waals surface area contributed by atoms with Crippen LogP contribution in [0.4, 0.5) is 0 Å². The maximum Gasteiger partial charge on any atom is 0.0594 e. The first-order valence-corrected chi connectivity index (χ1v) is 5.43. The van der Waals surface area contributed by atoms with Gasteiger partial charge in [-0.05, 0) is 11.6 Å². The highest BCUT2D eigenvalue weighted by atomic mass is 16.5. The van der Waals surface area contributed by atoms with Gasteiger partial charge in [-0.25, -0.2) is 0 Å². The zero-order chi connectivity index (χ0) is 10.7. The molecule has 1 aromatic heterocycles. The molecule has 1 atom stereocenters. The Morgan fingerprint density at radius 2 is 2.20 bits per heavy atom. The number of aromatic nitrogens is 1. The first-order valence-electron chi connectivity index (χ1n) is 5.43. The van der Waals surface area contributed by atoms with Crippen LogP contribution in [0.2, 0.25) is 0 Å². The van der Waals surface area contributed by atoms with Gasteiger partial charge in [-0.2, -0.15) is 0 Å². The number of ether oxygens (including phenoxy) is 1. The van der Waals surface area contributed by atoms with Crippen LogP contribution in [0.5, 0.6) is 0 Å². The van der Waals surface area contributed by atoms with E-state index in [9.17, 15) is 0 Å². The molecule has 2 heterocycles. The molecule has 0 bridgehead atoms. The lowest BCUT2D eigenvalue weighted by atomic mass is 10.1. The van der Waals surface area contributed by atoms with E-state index in [0.717, 1.165) is 32.8 Å². The van der Waals surface area contributed by atoms with Crippen LogP contribution in [0.25, 0.3) is 0 Å². The minimum absolute atomic E-state index is 0.115. The molecular formula is C11H19N3O. The Balaban J connectivity index is 1.88. The van der Waals surface area contributed by atoms with Crippen LogP contribution in [0.1, 0.15) is 11.6 Å². The monoisotopic (exact) mass is 209 g/mol. The molecule has 1 unspecified atom stereocenters. The van der Waals surface area contributed by atoms with Gasteiger partial charge < -0.3 is 15.0 Å². The molecule has 0 aliphatic carbocycles. The number of nitrogens with zero attached hydrogens (tertiary/aromatic N) is 2. The van der Waals surface area contributed by atoms with Crippen molar-refractivity contribution < 1.29 is 4.74 Å². The third-order valence-electron chi connectivity index (χ3n) is 2.84. The summed E-state index contributed by atoms with van der Waals surface area (Å²) in [5.74, 6) is 0. The summed E-state index contributed by atoms with van der Waals surface area (Å²) in [6, 6.07) is 2.20. The molecule has 4 nitrogen and oxygen atoms in total. The molecule has 15 heavy (non-hydrogen) atoms. The highest BCUT2D eigenvalue weighted by molar-refractivity contribution is 5.15. The number of hydrogen-bond donors (Lipinski definition) is 1. The molecule has 1 aliphatic heterocycles. The van der Waals surface area contributed by atoms with Crippen LogP contribution in [-0.4, -0.2) is 42.3 Å². The SMILES string of the molecule is Cn1ccc(C(N)CN2CCOCC2)c1. The van der Waals surface area contributed by atoms with Gasteiger partial charge in [0.25, 0.3) is 0 Å². The summed E-state index contributed by atoms with van der Waals surface area (Å²) in [6.07, 6.45) is 4.12. The molecule has 1 aliphatic rings. The highest BCUT2D eigenvalue weighted by Crippen LogP contribution is 2.12. The van der Waals surface area contributed by atoms with Crippen molar-refractivity contribution in [1.29, 1.82) is 0 Å². The van der Waals surface area contributed by atoms with E-state index in [1.807, 2.05) is 17.8 Å². The number of aryl methyl sites for hydroxylation is 1. The summed E-state index contributed by atoms with van der Waals surface area (Å²) < 4.78 is 7.34. The first kappa shape index (κ1) is 10.7. The maximum atomic E-state index is 6.14. The minimum atomic E-state index is 0.115. The van der Waals surface area contributed by atoms with Gasteiger partial charge in [0.2, 0.25) is 0 Å². The zero-order valence-corrected chi connectivity index (χ0v) is 9.22.